The number of likely N-dealkylation sites (tertiary alicyclic amines) is 1. The third kappa shape index (κ3) is 3.11. The molecule has 5 heteroatoms. The largest absolute Gasteiger partial charge is 0.464 e. The molecule has 1 aliphatic rings. The molecule has 0 aromatic carbocycles. The number of furan rings is 1. The van der Waals surface area contributed by atoms with E-state index in [1.807, 2.05) is 0 Å². The topological polar surface area (TPSA) is 71.5 Å². The van der Waals surface area contributed by atoms with Crippen molar-refractivity contribution in [3.63, 3.8) is 0 Å². The zero-order chi connectivity index (χ0) is 13.0. The van der Waals surface area contributed by atoms with Crippen LogP contribution in [0.1, 0.15) is 47.6 Å². The first kappa shape index (κ1) is 13.1. The zero-order valence-corrected chi connectivity index (χ0v) is 10.9. The normalized spacial score (nSPS) is 17.4. The molecule has 1 aromatic rings. The second-order valence-corrected chi connectivity index (χ2v) is 4.85. The van der Waals surface area contributed by atoms with Gasteiger partial charge >= 0.3 is 0 Å². The van der Waals surface area contributed by atoms with Crippen LogP contribution < -0.4 is 11.3 Å². The minimum absolute atomic E-state index is 0.293. The number of nitrogen functional groups attached to an aromatic ring is 1. The van der Waals surface area contributed by atoms with Crippen LogP contribution in [0.25, 0.3) is 0 Å². The number of nitrogens with zero attached hydrogens (tertiary/aromatic N) is 1. The molecular formula is C13H21N3O2. The molecule has 5 nitrogen and oxygen atoms in total. The molecule has 18 heavy (non-hydrogen) atoms. The van der Waals surface area contributed by atoms with Crippen molar-refractivity contribution in [3.8, 4) is 0 Å². The van der Waals surface area contributed by atoms with Gasteiger partial charge in [0.1, 0.15) is 11.5 Å². The lowest BCUT2D eigenvalue weighted by molar-refractivity contribution is 0.0952. The zero-order valence-electron chi connectivity index (χ0n) is 10.9. The molecule has 1 aliphatic heterocycles. The molecule has 0 spiro atoms. The number of hydrazine groups is 1. The lowest BCUT2D eigenvalue weighted by Gasteiger charge is -2.17. The smallest absolute Gasteiger partial charge is 0.268 e. The van der Waals surface area contributed by atoms with Gasteiger partial charge in [0.25, 0.3) is 5.91 Å². The van der Waals surface area contributed by atoms with E-state index in [0.717, 1.165) is 25.4 Å². The maximum Gasteiger partial charge on any atom is 0.268 e. The molecule has 1 amide bonds. The predicted octanol–water partition coefficient (Wildman–Crippen LogP) is 1.57. The number of rotatable bonds is 3. The van der Waals surface area contributed by atoms with E-state index in [1.54, 1.807) is 13.0 Å². The van der Waals surface area contributed by atoms with E-state index in [2.05, 4.69) is 10.3 Å². The Hall–Kier alpha value is -1.33. The average Bonchev–Trinajstić information content (AvgIpc) is 2.57. The van der Waals surface area contributed by atoms with Gasteiger partial charge < -0.3 is 4.42 Å². The van der Waals surface area contributed by atoms with Crippen LogP contribution in [0.2, 0.25) is 0 Å². The van der Waals surface area contributed by atoms with Crippen molar-refractivity contribution >= 4 is 5.91 Å². The highest BCUT2D eigenvalue weighted by atomic mass is 16.3. The molecule has 0 aliphatic carbocycles. The van der Waals surface area contributed by atoms with Gasteiger partial charge in [0.05, 0.1) is 12.1 Å². The number of nitrogens with one attached hydrogen (secondary N) is 1. The van der Waals surface area contributed by atoms with E-state index in [0.29, 0.717) is 11.3 Å². The molecular weight excluding hydrogens is 230 g/mol. The Morgan fingerprint density at radius 1 is 1.39 bits per heavy atom. The van der Waals surface area contributed by atoms with Gasteiger partial charge in [0.15, 0.2) is 0 Å². The molecule has 100 valence electrons. The van der Waals surface area contributed by atoms with Crippen molar-refractivity contribution in [2.24, 2.45) is 5.84 Å². The Bertz CT molecular complexity index is 406. The summed E-state index contributed by atoms with van der Waals surface area (Å²) >= 11 is 0. The van der Waals surface area contributed by atoms with Crippen LogP contribution in [0.4, 0.5) is 0 Å². The van der Waals surface area contributed by atoms with Crippen molar-refractivity contribution in [1.29, 1.82) is 0 Å². The third-order valence-corrected chi connectivity index (χ3v) is 3.42. The van der Waals surface area contributed by atoms with Gasteiger partial charge in [-0.2, -0.15) is 0 Å². The molecule has 0 atom stereocenters. The summed E-state index contributed by atoms with van der Waals surface area (Å²) < 4.78 is 5.62. The Morgan fingerprint density at radius 2 is 2.06 bits per heavy atom. The summed E-state index contributed by atoms with van der Waals surface area (Å²) in [5, 5.41) is 0. The lowest BCUT2D eigenvalue weighted by Crippen LogP contribution is -2.30. The first-order chi connectivity index (χ1) is 8.70. The molecule has 2 rings (SSSR count). The summed E-state index contributed by atoms with van der Waals surface area (Å²) in [5.41, 5.74) is 2.67. The first-order valence-electron chi connectivity index (χ1n) is 6.53. The summed E-state index contributed by atoms with van der Waals surface area (Å²) in [5.74, 6) is 6.31. The Kier molecular flexibility index (Phi) is 4.38. The number of amides is 1. The SMILES string of the molecule is Cc1oc(CN2CCCCCC2)cc1C(=O)NN. The van der Waals surface area contributed by atoms with Crippen LogP contribution in [0.15, 0.2) is 10.5 Å². The van der Waals surface area contributed by atoms with Crippen molar-refractivity contribution in [1.82, 2.24) is 10.3 Å². The minimum atomic E-state index is -0.293. The van der Waals surface area contributed by atoms with E-state index in [9.17, 15) is 4.79 Å². The maximum absolute atomic E-state index is 11.5. The number of hydrogen-bond acceptors (Lipinski definition) is 4. The molecule has 3 N–H and O–H groups in total. The Balaban J connectivity index is 2.02. The third-order valence-electron chi connectivity index (χ3n) is 3.42. The van der Waals surface area contributed by atoms with Crippen molar-refractivity contribution in [2.75, 3.05) is 13.1 Å². The highest BCUT2D eigenvalue weighted by Crippen LogP contribution is 2.18. The van der Waals surface area contributed by atoms with Gasteiger partial charge in [0.2, 0.25) is 0 Å². The molecule has 0 saturated carbocycles. The number of nitrogens with two attached hydrogens (primary N) is 1. The molecule has 1 saturated heterocycles. The highest BCUT2D eigenvalue weighted by Gasteiger charge is 2.16. The number of carbonyl (C=O) groups excluding carboxylic acids is 1. The summed E-state index contributed by atoms with van der Waals surface area (Å²) in [6.45, 7) is 4.78. The molecule has 0 unspecified atom stereocenters. The van der Waals surface area contributed by atoms with Gasteiger partial charge in [-0.25, -0.2) is 5.84 Å². The molecule has 2 heterocycles. The summed E-state index contributed by atoms with van der Waals surface area (Å²) in [6.07, 6.45) is 5.12. The fourth-order valence-corrected chi connectivity index (χ4v) is 2.44. The van der Waals surface area contributed by atoms with Crippen molar-refractivity contribution in [3.05, 3.63) is 23.2 Å². The van der Waals surface area contributed by atoms with Gasteiger partial charge in [-0.15, -0.1) is 0 Å². The van der Waals surface area contributed by atoms with Gasteiger partial charge in [-0.05, 0) is 38.9 Å². The molecule has 1 fully saturated rings. The summed E-state index contributed by atoms with van der Waals surface area (Å²) in [6, 6.07) is 1.79. The maximum atomic E-state index is 11.5. The van der Waals surface area contributed by atoms with Crippen LogP contribution in [0.5, 0.6) is 0 Å². The summed E-state index contributed by atoms with van der Waals surface area (Å²) in [7, 11) is 0. The Labute approximate surface area is 107 Å². The van der Waals surface area contributed by atoms with Crippen molar-refractivity contribution in [2.45, 2.75) is 39.2 Å². The standard InChI is InChI=1S/C13H21N3O2/c1-10-12(13(17)15-14)8-11(18-10)9-16-6-4-2-3-5-7-16/h8H,2-7,9,14H2,1H3,(H,15,17). The number of hydrogen-bond donors (Lipinski definition) is 2. The first-order valence-corrected chi connectivity index (χ1v) is 6.53. The highest BCUT2D eigenvalue weighted by molar-refractivity contribution is 5.94. The fraction of sp³-hybridized carbons (Fsp3) is 0.615. The van der Waals surface area contributed by atoms with E-state index >= 15 is 0 Å². The van der Waals surface area contributed by atoms with Crippen LogP contribution in [0.3, 0.4) is 0 Å². The van der Waals surface area contributed by atoms with Gasteiger partial charge in [-0.1, -0.05) is 12.8 Å². The average molecular weight is 251 g/mol. The molecule has 1 aromatic heterocycles. The van der Waals surface area contributed by atoms with Crippen molar-refractivity contribution < 1.29 is 9.21 Å². The second-order valence-electron chi connectivity index (χ2n) is 4.85. The fourth-order valence-electron chi connectivity index (χ4n) is 2.44. The van der Waals surface area contributed by atoms with Crippen LogP contribution in [-0.2, 0) is 6.54 Å². The lowest BCUT2D eigenvalue weighted by atomic mass is 10.2. The van der Waals surface area contributed by atoms with Gasteiger partial charge in [-0.3, -0.25) is 15.1 Å². The van der Waals surface area contributed by atoms with E-state index in [1.165, 1.54) is 25.7 Å². The monoisotopic (exact) mass is 251 g/mol. The number of carbonyl (C=O) groups is 1. The van der Waals surface area contributed by atoms with Crippen LogP contribution in [-0.4, -0.2) is 23.9 Å². The summed E-state index contributed by atoms with van der Waals surface area (Å²) in [4.78, 5) is 13.9. The number of aryl methyl sites for hydroxylation is 1. The van der Waals surface area contributed by atoms with Gasteiger partial charge in [0, 0.05) is 0 Å². The second kappa shape index (κ2) is 6.02. The Morgan fingerprint density at radius 3 is 2.67 bits per heavy atom. The van der Waals surface area contributed by atoms with E-state index < -0.39 is 0 Å². The predicted molar refractivity (Wildman–Crippen MR) is 68.8 cm³/mol. The van der Waals surface area contributed by atoms with Crippen LogP contribution in [0, 0.1) is 6.92 Å². The molecule has 0 bridgehead atoms. The minimum Gasteiger partial charge on any atom is -0.464 e. The van der Waals surface area contributed by atoms with E-state index in [4.69, 9.17) is 10.3 Å². The molecule has 0 radical (unpaired) electrons. The van der Waals surface area contributed by atoms with E-state index in [-0.39, 0.29) is 5.91 Å². The quantitative estimate of drug-likeness (QED) is 0.486. The van der Waals surface area contributed by atoms with Crippen LogP contribution >= 0.6 is 0 Å².